The SMILES string of the molecule is CCC[C@@]12C(=O)[C@@](C)(C(c3ccccc3)=C1c1ccccc1)[C@H]1C(=O)N(c3ccccc3Cl)C(=O)[C@H]12. The summed E-state index contributed by atoms with van der Waals surface area (Å²) in [5.74, 6) is -2.22. The number of carbonyl (C=O) groups is 3. The van der Waals surface area contributed by atoms with Gasteiger partial charge in [0, 0.05) is 0 Å². The number of para-hydroxylation sites is 1. The van der Waals surface area contributed by atoms with Crippen molar-refractivity contribution in [3.63, 3.8) is 0 Å². The Kier molecular flexibility index (Phi) is 5.10. The van der Waals surface area contributed by atoms with Crippen molar-refractivity contribution in [1.29, 1.82) is 0 Å². The molecule has 36 heavy (non-hydrogen) atoms. The summed E-state index contributed by atoms with van der Waals surface area (Å²) in [5.41, 5.74) is 1.78. The Hall–Kier alpha value is -3.50. The highest BCUT2D eigenvalue weighted by molar-refractivity contribution is 6.38. The van der Waals surface area contributed by atoms with Gasteiger partial charge >= 0.3 is 0 Å². The molecule has 1 saturated carbocycles. The van der Waals surface area contributed by atoms with Gasteiger partial charge < -0.3 is 0 Å². The maximum atomic E-state index is 14.6. The smallest absolute Gasteiger partial charge is 0.239 e. The number of halogens is 1. The molecule has 1 aliphatic heterocycles. The van der Waals surface area contributed by atoms with E-state index < -0.39 is 22.7 Å². The highest BCUT2D eigenvalue weighted by Crippen LogP contribution is 2.75. The first-order valence-electron chi connectivity index (χ1n) is 12.4. The molecule has 2 amide bonds. The van der Waals surface area contributed by atoms with Crippen molar-refractivity contribution in [2.45, 2.75) is 26.7 Å². The lowest BCUT2D eigenvalue weighted by molar-refractivity contribution is -0.134. The Balaban J connectivity index is 1.67. The number of nitrogens with zero attached hydrogens (tertiary/aromatic N) is 1. The van der Waals surface area contributed by atoms with Crippen LogP contribution in [-0.2, 0) is 14.4 Å². The van der Waals surface area contributed by atoms with Gasteiger partial charge in [-0.05, 0) is 47.8 Å². The van der Waals surface area contributed by atoms with E-state index in [0.717, 1.165) is 22.3 Å². The van der Waals surface area contributed by atoms with Crippen LogP contribution >= 0.6 is 11.6 Å². The van der Waals surface area contributed by atoms with Crippen molar-refractivity contribution >= 4 is 46.0 Å². The molecule has 0 radical (unpaired) electrons. The quantitative estimate of drug-likeness (QED) is 0.382. The van der Waals surface area contributed by atoms with Crippen molar-refractivity contribution in [2.24, 2.45) is 22.7 Å². The molecule has 3 aromatic carbocycles. The number of benzene rings is 3. The van der Waals surface area contributed by atoms with Gasteiger partial charge in [-0.3, -0.25) is 14.4 Å². The Morgan fingerprint density at radius 2 is 1.28 bits per heavy atom. The fraction of sp³-hybridized carbons (Fsp3) is 0.258. The van der Waals surface area contributed by atoms with Crippen LogP contribution in [0, 0.1) is 22.7 Å². The van der Waals surface area contributed by atoms with E-state index in [0.29, 0.717) is 23.6 Å². The van der Waals surface area contributed by atoms with E-state index in [2.05, 4.69) is 0 Å². The predicted molar refractivity (Wildman–Crippen MR) is 141 cm³/mol. The fourth-order valence-corrected chi connectivity index (χ4v) is 7.45. The molecule has 3 aliphatic rings. The highest BCUT2D eigenvalue weighted by atomic mass is 35.5. The molecule has 4 atom stereocenters. The summed E-state index contributed by atoms with van der Waals surface area (Å²) in [6.45, 7) is 3.91. The molecular formula is C31H26ClNO3. The van der Waals surface area contributed by atoms with Gasteiger partial charge in [-0.25, -0.2) is 4.90 Å². The first-order chi connectivity index (χ1) is 17.4. The van der Waals surface area contributed by atoms with Crippen LogP contribution in [0.15, 0.2) is 84.9 Å². The van der Waals surface area contributed by atoms with Crippen LogP contribution in [-0.4, -0.2) is 17.6 Å². The predicted octanol–water partition coefficient (Wildman–Crippen LogP) is 6.45. The first-order valence-corrected chi connectivity index (χ1v) is 12.8. The normalized spacial score (nSPS) is 28.9. The Labute approximate surface area is 215 Å². The third-order valence-electron chi connectivity index (χ3n) is 8.41. The second-order valence-electron chi connectivity index (χ2n) is 10.2. The number of hydrogen-bond acceptors (Lipinski definition) is 3. The number of hydrogen-bond donors (Lipinski definition) is 0. The van der Waals surface area contributed by atoms with Gasteiger partial charge in [0.1, 0.15) is 0 Å². The van der Waals surface area contributed by atoms with Gasteiger partial charge in [0.15, 0.2) is 5.78 Å². The standard InChI is InChI=1S/C31H26ClNO3/c1-3-18-31-24(20-14-8-5-9-15-20)23(19-12-6-4-7-13-19)30(2,29(31)36)25-26(31)28(35)33(27(25)34)22-17-11-10-16-21(22)32/h4-17,25-26H,3,18H2,1-2H3/t25-,26+,30+,31-/m1/s1. The Morgan fingerprint density at radius 1 is 0.750 bits per heavy atom. The summed E-state index contributed by atoms with van der Waals surface area (Å²) in [7, 11) is 0. The summed E-state index contributed by atoms with van der Waals surface area (Å²) < 4.78 is 0. The van der Waals surface area contributed by atoms with Crippen LogP contribution in [0.1, 0.15) is 37.8 Å². The zero-order chi connectivity index (χ0) is 25.2. The zero-order valence-corrected chi connectivity index (χ0v) is 21.0. The van der Waals surface area contributed by atoms with E-state index in [9.17, 15) is 14.4 Å². The van der Waals surface area contributed by atoms with E-state index in [1.807, 2.05) is 74.5 Å². The van der Waals surface area contributed by atoms with E-state index >= 15 is 0 Å². The lowest BCUT2D eigenvalue weighted by Gasteiger charge is -2.37. The van der Waals surface area contributed by atoms with Crippen molar-refractivity contribution < 1.29 is 14.4 Å². The summed E-state index contributed by atoms with van der Waals surface area (Å²) in [4.78, 5) is 44.2. The van der Waals surface area contributed by atoms with Gasteiger partial charge in [0.05, 0.1) is 33.4 Å². The van der Waals surface area contributed by atoms with Crippen LogP contribution < -0.4 is 4.90 Å². The largest absolute Gasteiger partial charge is 0.298 e. The van der Waals surface area contributed by atoms with E-state index in [1.165, 1.54) is 4.90 Å². The monoisotopic (exact) mass is 495 g/mol. The number of anilines is 1. The van der Waals surface area contributed by atoms with Crippen molar-refractivity contribution in [2.75, 3.05) is 4.90 Å². The minimum absolute atomic E-state index is 0.00920. The summed E-state index contributed by atoms with van der Waals surface area (Å²) in [6, 6.07) is 26.6. The van der Waals surface area contributed by atoms with Crippen LogP contribution in [0.4, 0.5) is 5.69 Å². The number of fused-ring (bicyclic) bond motifs is 5. The third kappa shape index (κ3) is 2.68. The molecule has 1 saturated heterocycles. The van der Waals surface area contributed by atoms with E-state index in [4.69, 9.17) is 11.6 Å². The summed E-state index contributed by atoms with van der Waals surface area (Å²) in [5, 5.41) is 0.340. The van der Waals surface area contributed by atoms with E-state index in [-0.39, 0.29) is 17.6 Å². The molecule has 0 unspecified atom stereocenters. The number of rotatable bonds is 5. The van der Waals surface area contributed by atoms with Crippen LogP contribution in [0.25, 0.3) is 11.1 Å². The van der Waals surface area contributed by atoms with E-state index in [1.54, 1.807) is 24.3 Å². The maximum absolute atomic E-state index is 14.6. The molecule has 6 rings (SSSR count). The Bertz CT molecular complexity index is 1450. The van der Waals surface area contributed by atoms with Crippen LogP contribution in [0.2, 0.25) is 5.02 Å². The second-order valence-corrected chi connectivity index (χ2v) is 10.6. The molecule has 180 valence electrons. The number of Topliss-reactive ketones (excluding diaryl/α,β-unsaturated/α-hetero) is 1. The molecule has 2 aliphatic carbocycles. The Morgan fingerprint density at radius 3 is 1.86 bits per heavy atom. The molecule has 0 spiro atoms. The van der Waals surface area contributed by atoms with Crippen molar-refractivity contribution in [3.05, 3.63) is 101 Å². The second kappa shape index (κ2) is 8.01. The lowest BCUT2D eigenvalue weighted by atomic mass is 9.61. The maximum Gasteiger partial charge on any atom is 0.239 e. The third-order valence-corrected chi connectivity index (χ3v) is 8.73. The topological polar surface area (TPSA) is 54.5 Å². The molecule has 3 aromatic rings. The minimum Gasteiger partial charge on any atom is -0.298 e. The lowest BCUT2D eigenvalue weighted by Crippen LogP contribution is -2.41. The average molecular weight is 496 g/mol. The van der Waals surface area contributed by atoms with Gasteiger partial charge in [-0.1, -0.05) is 97.7 Å². The minimum atomic E-state index is -1.13. The number of imide groups is 1. The van der Waals surface area contributed by atoms with Crippen molar-refractivity contribution in [3.8, 4) is 0 Å². The molecule has 0 N–H and O–H groups in total. The number of ketones is 1. The molecule has 5 heteroatoms. The number of carbonyl (C=O) groups excluding carboxylic acids is 3. The summed E-state index contributed by atoms with van der Waals surface area (Å²) >= 11 is 6.46. The van der Waals surface area contributed by atoms with Gasteiger partial charge in [-0.2, -0.15) is 0 Å². The molecule has 0 aromatic heterocycles. The van der Waals surface area contributed by atoms with Gasteiger partial charge in [0.2, 0.25) is 11.8 Å². The number of amides is 2. The molecule has 1 heterocycles. The van der Waals surface area contributed by atoms with Gasteiger partial charge in [0.25, 0.3) is 0 Å². The number of allylic oxidation sites excluding steroid dienone is 2. The fourth-order valence-electron chi connectivity index (χ4n) is 7.23. The highest BCUT2D eigenvalue weighted by Gasteiger charge is 2.80. The van der Waals surface area contributed by atoms with Crippen molar-refractivity contribution in [1.82, 2.24) is 0 Å². The summed E-state index contributed by atoms with van der Waals surface area (Å²) in [6.07, 6.45) is 1.20. The molecule has 2 fully saturated rings. The average Bonchev–Trinajstić information content (AvgIpc) is 3.35. The molecular weight excluding hydrogens is 470 g/mol. The van der Waals surface area contributed by atoms with Crippen LogP contribution in [0.3, 0.4) is 0 Å². The zero-order valence-electron chi connectivity index (χ0n) is 20.2. The molecule has 2 bridgehead atoms. The van der Waals surface area contributed by atoms with Gasteiger partial charge in [-0.15, -0.1) is 0 Å². The molecule has 4 nitrogen and oxygen atoms in total. The first kappa shape index (κ1) is 22.9. The van der Waals surface area contributed by atoms with Crippen LogP contribution in [0.5, 0.6) is 0 Å².